The standard InChI is InChI=1S/C30H48N4O6/c1-8-10-21(24(35)27(37)31-13-9-2)32-26(36)23-22-19-12-11-18(14-19)20(22)15-34(23)28(38)25(30(5,6)7)33-29(39)40-16-17(3)4/h9,17-23,25H,2,8,10-16H2,1,3-7H3,(H,31,37)(H,32,36)(H,33,39)/t18-,19+,20-,21?,22+,23+,25-/m1/s1. The van der Waals surface area contributed by atoms with Crippen LogP contribution >= 0.6 is 0 Å². The van der Waals surface area contributed by atoms with Gasteiger partial charge in [0.05, 0.1) is 12.6 Å². The summed E-state index contributed by atoms with van der Waals surface area (Å²) < 4.78 is 5.31. The lowest BCUT2D eigenvalue weighted by molar-refractivity contribution is -0.145. The van der Waals surface area contributed by atoms with Crippen molar-refractivity contribution < 1.29 is 28.7 Å². The molecule has 1 unspecified atom stereocenters. The summed E-state index contributed by atoms with van der Waals surface area (Å²) in [6.07, 6.45) is 4.86. The molecule has 3 fully saturated rings. The third-order valence-corrected chi connectivity index (χ3v) is 8.58. The Balaban J connectivity index is 1.86. The first kappa shape index (κ1) is 31.6. The van der Waals surface area contributed by atoms with Crippen molar-refractivity contribution in [1.82, 2.24) is 20.9 Å². The number of alkyl carbamates (subject to hydrolysis) is 1. The number of hydrogen-bond acceptors (Lipinski definition) is 6. The zero-order chi connectivity index (χ0) is 29.8. The van der Waals surface area contributed by atoms with Crippen molar-refractivity contribution in [2.45, 2.75) is 91.8 Å². The van der Waals surface area contributed by atoms with E-state index in [4.69, 9.17) is 4.74 Å². The minimum absolute atomic E-state index is 0.0109. The van der Waals surface area contributed by atoms with Crippen molar-refractivity contribution in [3.63, 3.8) is 0 Å². The summed E-state index contributed by atoms with van der Waals surface area (Å²) in [5, 5.41) is 8.10. The highest BCUT2D eigenvalue weighted by molar-refractivity contribution is 6.38. The van der Waals surface area contributed by atoms with E-state index in [0.29, 0.717) is 31.2 Å². The fraction of sp³-hybridized carbons (Fsp3) is 0.767. The van der Waals surface area contributed by atoms with Gasteiger partial charge >= 0.3 is 6.09 Å². The molecule has 3 N–H and O–H groups in total. The summed E-state index contributed by atoms with van der Waals surface area (Å²) >= 11 is 0. The molecule has 3 rings (SSSR count). The summed E-state index contributed by atoms with van der Waals surface area (Å²) in [6.45, 7) is 15.7. The van der Waals surface area contributed by atoms with Crippen LogP contribution in [0, 0.1) is 35.0 Å². The van der Waals surface area contributed by atoms with Gasteiger partial charge in [0, 0.05) is 13.1 Å². The van der Waals surface area contributed by atoms with E-state index in [-0.39, 0.29) is 36.8 Å². The van der Waals surface area contributed by atoms with Crippen LogP contribution in [0.25, 0.3) is 0 Å². The Hall–Kier alpha value is -2.91. The van der Waals surface area contributed by atoms with Gasteiger partial charge < -0.3 is 25.6 Å². The van der Waals surface area contributed by atoms with Gasteiger partial charge in [-0.1, -0.05) is 54.0 Å². The van der Waals surface area contributed by atoms with Crippen molar-refractivity contribution in [2.75, 3.05) is 19.7 Å². The first-order chi connectivity index (χ1) is 18.8. The average Bonchev–Trinajstić information content (AvgIpc) is 3.60. The normalized spacial score (nSPS) is 26.6. The van der Waals surface area contributed by atoms with Gasteiger partial charge in [0.2, 0.25) is 17.6 Å². The Morgan fingerprint density at radius 1 is 1.07 bits per heavy atom. The summed E-state index contributed by atoms with van der Waals surface area (Å²) in [6, 6.07) is -2.66. The fourth-order valence-electron chi connectivity index (χ4n) is 6.75. The SMILES string of the molecule is C=CCNC(=O)C(=O)C(CCC)NC(=O)[C@@H]1[C@H]2[C@H]3CC[C@H](C3)[C@H]2CN1C(=O)[C@@H](NC(=O)OCC(C)C)C(C)(C)C. The van der Waals surface area contributed by atoms with E-state index in [2.05, 4.69) is 22.5 Å². The minimum Gasteiger partial charge on any atom is -0.449 e. The molecule has 7 atom stereocenters. The Bertz CT molecular complexity index is 989. The molecule has 224 valence electrons. The number of carbonyl (C=O) groups is 5. The summed E-state index contributed by atoms with van der Waals surface area (Å²) in [5.74, 6) is -1.10. The summed E-state index contributed by atoms with van der Waals surface area (Å²) in [4.78, 5) is 67.7. The maximum Gasteiger partial charge on any atom is 0.407 e. The van der Waals surface area contributed by atoms with Crippen LogP contribution in [0.5, 0.6) is 0 Å². The third-order valence-electron chi connectivity index (χ3n) is 8.58. The van der Waals surface area contributed by atoms with E-state index >= 15 is 0 Å². The predicted octanol–water partition coefficient (Wildman–Crippen LogP) is 2.81. The van der Waals surface area contributed by atoms with E-state index in [1.807, 2.05) is 41.5 Å². The zero-order valence-electron chi connectivity index (χ0n) is 25.0. The zero-order valence-corrected chi connectivity index (χ0v) is 25.0. The number of Topliss-reactive ketones (excluding diaryl/α,β-unsaturated/α-hetero) is 1. The van der Waals surface area contributed by atoms with Crippen molar-refractivity contribution in [3.05, 3.63) is 12.7 Å². The molecule has 0 aromatic heterocycles. The van der Waals surface area contributed by atoms with Crippen molar-refractivity contribution >= 4 is 29.6 Å². The summed E-state index contributed by atoms with van der Waals surface area (Å²) in [5.41, 5.74) is -0.643. The first-order valence-corrected chi connectivity index (χ1v) is 14.8. The van der Waals surface area contributed by atoms with Crippen LogP contribution in [0.2, 0.25) is 0 Å². The largest absolute Gasteiger partial charge is 0.449 e. The molecule has 10 nitrogen and oxygen atoms in total. The highest BCUT2D eigenvalue weighted by atomic mass is 16.5. The molecule has 0 aromatic rings. The number of likely N-dealkylation sites (tertiary alicyclic amines) is 1. The lowest BCUT2D eigenvalue weighted by Gasteiger charge is -2.37. The highest BCUT2D eigenvalue weighted by Crippen LogP contribution is 2.57. The lowest BCUT2D eigenvalue weighted by Crippen LogP contribution is -2.60. The molecule has 2 bridgehead atoms. The van der Waals surface area contributed by atoms with E-state index < -0.39 is 47.2 Å². The van der Waals surface area contributed by atoms with Crippen molar-refractivity contribution in [2.24, 2.45) is 35.0 Å². The number of nitrogens with one attached hydrogen (secondary N) is 3. The van der Waals surface area contributed by atoms with E-state index in [9.17, 15) is 24.0 Å². The molecule has 1 heterocycles. The van der Waals surface area contributed by atoms with Crippen LogP contribution in [0.1, 0.15) is 73.6 Å². The topological polar surface area (TPSA) is 134 Å². The van der Waals surface area contributed by atoms with E-state index in [1.54, 1.807) is 4.90 Å². The van der Waals surface area contributed by atoms with Crippen molar-refractivity contribution in [3.8, 4) is 0 Å². The van der Waals surface area contributed by atoms with Crippen LogP contribution in [-0.4, -0.2) is 72.3 Å². The second kappa shape index (κ2) is 13.2. The molecule has 0 radical (unpaired) electrons. The molecular formula is C30H48N4O6. The smallest absolute Gasteiger partial charge is 0.407 e. The van der Waals surface area contributed by atoms with Crippen molar-refractivity contribution in [1.29, 1.82) is 0 Å². The van der Waals surface area contributed by atoms with Crippen LogP contribution in [-0.2, 0) is 23.9 Å². The van der Waals surface area contributed by atoms with E-state index in [1.165, 1.54) is 6.08 Å². The maximum absolute atomic E-state index is 14.2. The van der Waals surface area contributed by atoms with Crippen LogP contribution in [0.15, 0.2) is 12.7 Å². The lowest BCUT2D eigenvalue weighted by atomic mass is 9.78. The molecule has 3 aliphatic rings. The molecule has 0 spiro atoms. The molecule has 1 aliphatic heterocycles. The Labute approximate surface area is 238 Å². The molecule has 2 aliphatic carbocycles. The first-order valence-electron chi connectivity index (χ1n) is 14.8. The van der Waals surface area contributed by atoms with Gasteiger partial charge in [-0.25, -0.2) is 4.79 Å². The third kappa shape index (κ3) is 7.04. The summed E-state index contributed by atoms with van der Waals surface area (Å²) in [7, 11) is 0. The second-order valence-corrected chi connectivity index (χ2v) is 13.2. The Kier molecular flexibility index (Phi) is 10.4. The molecule has 40 heavy (non-hydrogen) atoms. The minimum atomic E-state index is -0.987. The van der Waals surface area contributed by atoms with Crippen LogP contribution in [0.3, 0.4) is 0 Å². The number of nitrogens with zero attached hydrogens (tertiary/aromatic N) is 1. The van der Waals surface area contributed by atoms with Gasteiger partial charge in [0.25, 0.3) is 5.91 Å². The molecule has 1 saturated heterocycles. The predicted molar refractivity (Wildman–Crippen MR) is 151 cm³/mol. The van der Waals surface area contributed by atoms with Gasteiger partial charge in [-0.05, 0) is 60.7 Å². The monoisotopic (exact) mass is 560 g/mol. The number of ether oxygens (including phenoxy) is 1. The molecule has 4 amide bonds. The average molecular weight is 561 g/mol. The van der Waals surface area contributed by atoms with Gasteiger partial charge in [-0.3, -0.25) is 19.2 Å². The van der Waals surface area contributed by atoms with Crippen LogP contribution < -0.4 is 16.0 Å². The van der Waals surface area contributed by atoms with Gasteiger partial charge in [-0.15, -0.1) is 6.58 Å². The fourth-order valence-corrected chi connectivity index (χ4v) is 6.75. The second-order valence-electron chi connectivity index (χ2n) is 13.2. The number of rotatable bonds is 12. The number of fused-ring (bicyclic) bond motifs is 5. The molecular weight excluding hydrogens is 512 g/mol. The van der Waals surface area contributed by atoms with Gasteiger partial charge in [-0.2, -0.15) is 0 Å². The quantitative estimate of drug-likeness (QED) is 0.248. The van der Waals surface area contributed by atoms with Gasteiger partial charge in [0.1, 0.15) is 12.1 Å². The Morgan fingerprint density at radius 3 is 2.35 bits per heavy atom. The number of carbonyl (C=O) groups excluding carboxylic acids is 5. The Morgan fingerprint density at radius 2 is 1.75 bits per heavy atom. The van der Waals surface area contributed by atoms with Gasteiger partial charge in [0.15, 0.2) is 0 Å². The number of amides is 4. The highest BCUT2D eigenvalue weighted by Gasteiger charge is 2.60. The van der Waals surface area contributed by atoms with E-state index in [0.717, 1.165) is 19.3 Å². The molecule has 2 saturated carbocycles. The number of hydrogen-bond donors (Lipinski definition) is 3. The van der Waals surface area contributed by atoms with Crippen LogP contribution in [0.4, 0.5) is 4.79 Å². The molecule has 10 heteroatoms. The number of ketones is 1. The maximum atomic E-state index is 14.2. The molecule has 0 aromatic carbocycles.